The van der Waals surface area contributed by atoms with Crippen LogP contribution < -0.4 is 10.9 Å². The molecule has 1 aromatic heterocycles. The molecule has 0 fully saturated rings. The van der Waals surface area contributed by atoms with Crippen molar-refractivity contribution in [2.45, 2.75) is 25.3 Å². The molecule has 5 rings (SSSR count). The summed E-state index contributed by atoms with van der Waals surface area (Å²) in [6.45, 7) is 0. The number of aryl methyl sites for hydroxylation is 1. The maximum atomic E-state index is 13.4. The molecule has 1 atom stereocenters. The molecular formula is C26H21NO3. The molecule has 0 aliphatic heterocycles. The van der Waals surface area contributed by atoms with Crippen molar-refractivity contribution in [3.8, 4) is 11.1 Å². The predicted molar refractivity (Wildman–Crippen MR) is 118 cm³/mol. The Kier molecular flexibility index (Phi) is 4.68. The second-order valence-electron chi connectivity index (χ2n) is 7.62. The van der Waals surface area contributed by atoms with Gasteiger partial charge in [0, 0.05) is 10.9 Å². The lowest BCUT2D eigenvalue weighted by molar-refractivity contribution is 0.0902. The van der Waals surface area contributed by atoms with Crippen molar-refractivity contribution in [3.05, 3.63) is 106 Å². The fraction of sp³-hybridized carbons (Fsp3) is 0.154. The SMILES string of the molecule is O=C(N[C@H]1CCCc2ccccc21)c1oc(=O)c2ccccc2c1-c1ccccc1. The first-order valence-electron chi connectivity index (χ1n) is 10.2. The maximum Gasteiger partial charge on any atom is 0.344 e. The molecule has 1 heterocycles. The highest BCUT2D eigenvalue weighted by Gasteiger charge is 2.26. The van der Waals surface area contributed by atoms with E-state index in [0.29, 0.717) is 16.3 Å². The molecule has 30 heavy (non-hydrogen) atoms. The number of fused-ring (bicyclic) bond motifs is 2. The maximum absolute atomic E-state index is 13.4. The fourth-order valence-corrected chi connectivity index (χ4v) is 4.38. The molecule has 148 valence electrons. The molecule has 1 aliphatic carbocycles. The summed E-state index contributed by atoms with van der Waals surface area (Å²) in [7, 11) is 0. The van der Waals surface area contributed by atoms with E-state index >= 15 is 0 Å². The van der Waals surface area contributed by atoms with E-state index in [9.17, 15) is 9.59 Å². The number of amides is 1. The summed E-state index contributed by atoms with van der Waals surface area (Å²) in [4.78, 5) is 26.0. The molecule has 4 aromatic rings. The van der Waals surface area contributed by atoms with Gasteiger partial charge in [-0.05, 0) is 42.0 Å². The molecular weight excluding hydrogens is 374 g/mol. The lowest BCUT2D eigenvalue weighted by atomic mass is 9.87. The van der Waals surface area contributed by atoms with Crippen LogP contribution in [0.4, 0.5) is 0 Å². The molecule has 0 saturated carbocycles. The van der Waals surface area contributed by atoms with Gasteiger partial charge in [0.15, 0.2) is 0 Å². The van der Waals surface area contributed by atoms with E-state index in [2.05, 4.69) is 17.4 Å². The lowest BCUT2D eigenvalue weighted by Gasteiger charge is -2.26. The summed E-state index contributed by atoms with van der Waals surface area (Å²) >= 11 is 0. The summed E-state index contributed by atoms with van der Waals surface area (Å²) in [5.74, 6) is -0.300. The van der Waals surface area contributed by atoms with Crippen molar-refractivity contribution in [2.24, 2.45) is 0 Å². The van der Waals surface area contributed by atoms with Crippen LogP contribution in [0.3, 0.4) is 0 Å². The van der Waals surface area contributed by atoms with Crippen LogP contribution in [0.2, 0.25) is 0 Å². The predicted octanol–water partition coefficient (Wildman–Crippen LogP) is 5.27. The number of benzene rings is 3. The zero-order chi connectivity index (χ0) is 20.5. The lowest BCUT2D eigenvalue weighted by Crippen LogP contribution is -2.32. The third-order valence-electron chi connectivity index (χ3n) is 5.78. The van der Waals surface area contributed by atoms with Gasteiger partial charge in [-0.2, -0.15) is 0 Å². The van der Waals surface area contributed by atoms with Crippen molar-refractivity contribution < 1.29 is 9.21 Å². The molecule has 4 heteroatoms. The molecule has 0 spiro atoms. The largest absolute Gasteiger partial charge is 0.416 e. The monoisotopic (exact) mass is 395 g/mol. The number of hydrogen-bond acceptors (Lipinski definition) is 3. The van der Waals surface area contributed by atoms with Gasteiger partial charge < -0.3 is 9.73 Å². The standard InChI is InChI=1S/C26H21NO3/c28-25(27-22-16-8-12-17-9-4-5-13-19(17)22)24-23(18-10-2-1-3-11-18)20-14-6-7-15-21(20)26(29)30-24/h1-7,9-11,13-15,22H,8,12,16H2,(H,27,28)/t22-/m0/s1. The van der Waals surface area contributed by atoms with Crippen molar-refractivity contribution in [1.29, 1.82) is 0 Å². The number of carbonyl (C=O) groups excluding carboxylic acids is 1. The third-order valence-corrected chi connectivity index (χ3v) is 5.78. The van der Waals surface area contributed by atoms with Gasteiger partial charge in [0.05, 0.1) is 11.4 Å². The molecule has 4 nitrogen and oxygen atoms in total. The zero-order valence-corrected chi connectivity index (χ0v) is 16.4. The van der Waals surface area contributed by atoms with Crippen molar-refractivity contribution in [1.82, 2.24) is 5.32 Å². The molecule has 0 unspecified atom stereocenters. The molecule has 1 aliphatic rings. The van der Waals surface area contributed by atoms with Gasteiger partial charge in [0.25, 0.3) is 5.91 Å². The quantitative estimate of drug-likeness (QED) is 0.514. The highest BCUT2D eigenvalue weighted by molar-refractivity contribution is 6.07. The van der Waals surface area contributed by atoms with Gasteiger partial charge in [-0.3, -0.25) is 4.79 Å². The topological polar surface area (TPSA) is 59.3 Å². The Morgan fingerprint density at radius 1 is 0.867 bits per heavy atom. The third kappa shape index (κ3) is 3.20. The van der Waals surface area contributed by atoms with Gasteiger partial charge in [0.2, 0.25) is 5.76 Å². The summed E-state index contributed by atoms with van der Waals surface area (Å²) < 4.78 is 5.60. The Labute approximate surface area is 174 Å². The second kappa shape index (κ2) is 7.64. The minimum Gasteiger partial charge on any atom is -0.416 e. The van der Waals surface area contributed by atoms with Crippen LogP contribution in [0, 0.1) is 0 Å². The number of hydrogen-bond donors (Lipinski definition) is 1. The smallest absolute Gasteiger partial charge is 0.344 e. The summed E-state index contributed by atoms with van der Waals surface area (Å²) in [5.41, 5.74) is 3.39. The number of nitrogens with one attached hydrogen (secondary N) is 1. The highest BCUT2D eigenvalue weighted by atomic mass is 16.4. The average Bonchev–Trinajstić information content (AvgIpc) is 2.80. The van der Waals surface area contributed by atoms with Crippen molar-refractivity contribution in [3.63, 3.8) is 0 Å². The zero-order valence-electron chi connectivity index (χ0n) is 16.4. The minimum absolute atomic E-state index is 0.0629. The summed E-state index contributed by atoms with van der Waals surface area (Å²) in [6.07, 6.45) is 2.89. The van der Waals surface area contributed by atoms with Gasteiger partial charge in [-0.25, -0.2) is 4.79 Å². The van der Waals surface area contributed by atoms with Crippen molar-refractivity contribution in [2.75, 3.05) is 0 Å². The van der Waals surface area contributed by atoms with Crippen LogP contribution in [-0.2, 0) is 6.42 Å². The normalized spacial score (nSPS) is 15.5. The molecule has 0 radical (unpaired) electrons. The van der Waals surface area contributed by atoms with Gasteiger partial charge in [0.1, 0.15) is 0 Å². The van der Waals surface area contributed by atoms with E-state index in [1.54, 1.807) is 12.1 Å². The first-order chi connectivity index (χ1) is 14.7. The van der Waals surface area contributed by atoms with Crippen LogP contribution in [-0.4, -0.2) is 5.91 Å². The van der Waals surface area contributed by atoms with Crippen LogP contribution in [0.5, 0.6) is 0 Å². The Morgan fingerprint density at radius 2 is 1.57 bits per heavy atom. The minimum atomic E-state index is -0.500. The van der Waals surface area contributed by atoms with Gasteiger partial charge >= 0.3 is 5.63 Å². The fourth-order valence-electron chi connectivity index (χ4n) is 4.38. The summed E-state index contributed by atoms with van der Waals surface area (Å²) in [6, 6.07) is 25.0. The Bertz CT molecular complexity index is 1290. The van der Waals surface area contributed by atoms with E-state index < -0.39 is 5.63 Å². The van der Waals surface area contributed by atoms with E-state index in [1.807, 2.05) is 54.6 Å². The Balaban J connectivity index is 1.63. The Morgan fingerprint density at radius 3 is 2.40 bits per heavy atom. The first kappa shape index (κ1) is 18.4. The van der Waals surface area contributed by atoms with Gasteiger partial charge in [-0.15, -0.1) is 0 Å². The van der Waals surface area contributed by atoms with E-state index in [-0.39, 0.29) is 17.7 Å². The number of carbonyl (C=O) groups is 1. The molecule has 0 bridgehead atoms. The van der Waals surface area contributed by atoms with E-state index in [0.717, 1.165) is 30.4 Å². The van der Waals surface area contributed by atoms with E-state index in [1.165, 1.54) is 5.56 Å². The molecule has 1 N–H and O–H groups in total. The average molecular weight is 395 g/mol. The van der Waals surface area contributed by atoms with Gasteiger partial charge in [-0.1, -0.05) is 72.8 Å². The molecule has 0 saturated heterocycles. The van der Waals surface area contributed by atoms with Crippen LogP contribution in [0.15, 0.2) is 88.1 Å². The molecule has 3 aromatic carbocycles. The van der Waals surface area contributed by atoms with E-state index in [4.69, 9.17) is 4.42 Å². The number of rotatable bonds is 3. The van der Waals surface area contributed by atoms with Crippen LogP contribution >= 0.6 is 0 Å². The first-order valence-corrected chi connectivity index (χ1v) is 10.2. The molecule has 1 amide bonds. The second-order valence-corrected chi connectivity index (χ2v) is 7.62. The summed E-state index contributed by atoms with van der Waals surface area (Å²) in [5, 5.41) is 4.31. The van der Waals surface area contributed by atoms with Crippen molar-refractivity contribution >= 4 is 16.7 Å². The van der Waals surface area contributed by atoms with Crippen LogP contribution in [0.1, 0.15) is 40.6 Å². The Hall–Kier alpha value is -3.66. The highest BCUT2D eigenvalue weighted by Crippen LogP contribution is 2.33. The van der Waals surface area contributed by atoms with Crippen LogP contribution in [0.25, 0.3) is 21.9 Å².